The number of anilines is 1. The van der Waals surface area contributed by atoms with Crippen LogP contribution in [0.1, 0.15) is 5.56 Å². The molecule has 80 valence electrons. The Kier molecular flexibility index (Phi) is 1.93. The van der Waals surface area contributed by atoms with Gasteiger partial charge in [-0.15, -0.1) is 0 Å². The highest BCUT2D eigenvalue weighted by atomic mass is 35.5. The largest absolute Gasteiger partial charge is 0.349 e. The van der Waals surface area contributed by atoms with E-state index in [1.165, 1.54) is 0 Å². The van der Waals surface area contributed by atoms with Crippen LogP contribution >= 0.6 is 11.6 Å². The van der Waals surface area contributed by atoms with Gasteiger partial charge in [-0.05, 0) is 17.7 Å². The molecule has 1 aromatic carbocycles. The van der Waals surface area contributed by atoms with Crippen molar-refractivity contribution in [2.45, 2.75) is 5.12 Å². The maximum atomic E-state index is 6.05. The van der Waals surface area contributed by atoms with E-state index >= 15 is 0 Å². The van der Waals surface area contributed by atoms with Gasteiger partial charge in [0.15, 0.2) is 5.12 Å². The first-order valence-corrected chi connectivity index (χ1v) is 5.36. The van der Waals surface area contributed by atoms with Crippen molar-refractivity contribution in [2.24, 2.45) is 5.73 Å². The Hall–Kier alpha value is -1.58. The third kappa shape index (κ3) is 1.45. The summed E-state index contributed by atoms with van der Waals surface area (Å²) in [5.41, 5.74) is 8.65. The quantitative estimate of drug-likeness (QED) is 0.541. The second kappa shape index (κ2) is 3.20. The number of benzene rings is 1. The first-order chi connectivity index (χ1) is 7.66. The molecule has 0 saturated carbocycles. The molecule has 1 unspecified atom stereocenters. The van der Waals surface area contributed by atoms with Crippen LogP contribution in [-0.2, 0) is 0 Å². The van der Waals surface area contributed by atoms with E-state index in [2.05, 4.69) is 10.3 Å². The number of nitrogens with two attached hydrogens (primary N) is 1. The average molecular weight is 232 g/mol. The minimum Gasteiger partial charge on any atom is -0.349 e. The lowest BCUT2D eigenvalue weighted by molar-refractivity contribution is 0.848. The van der Waals surface area contributed by atoms with E-state index < -0.39 is 5.12 Å². The number of halogens is 1. The molecule has 2 aromatic rings. The number of rotatable bonds is 0. The lowest BCUT2D eigenvalue weighted by atomic mass is 10.0. The molecule has 0 fully saturated rings. The molecular weight excluding hydrogens is 222 g/mol. The molecule has 0 amide bonds. The molecule has 0 saturated heterocycles. The van der Waals surface area contributed by atoms with E-state index in [0.29, 0.717) is 0 Å². The zero-order valence-corrected chi connectivity index (χ0v) is 9.20. The number of pyridine rings is 1. The van der Waals surface area contributed by atoms with Gasteiger partial charge in [-0.2, -0.15) is 0 Å². The van der Waals surface area contributed by atoms with Gasteiger partial charge in [0.2, 0.25) is 0 Å². The molecule has 3 rings (SSSR count). The number of nitrogens with zero attached hydrogens (tertiary/aromatic N) is 1. The van der Waals surface area contributed by atoms with Gasteiger partial charge in [-0.1, -0.05) is 35.9 Å². The molecule has 0 aliphatic carbocycles. The standard InChI is InChI=1S/C12H10ClN3/c13-12(14)6-5-9-4-3-8-2-1-7-15-10(8)11(9)16-12/h1-7,16H,14H2. The SMILES string of the molecule is NC1(Cl)C=Cc2ccc3cccnc3c2N1. The third-order valence-corrected chi connectivity index (χ3v) is 2.85. The van der Waals surface area contributed by atoms with Crippen molar-refractivity contribution in [3.05, 3.63) is 42.1 Å². The van der Waals surface area contributed by atoms with Gasteiger partial charge < -0.3 is 5.32 Å². The van der Waals surface area contributed by atoms with Gasteiger partial charge in [0.25, 0.3) is 0 Å². The van der Waals surface area contributed by atoms with E-state index in [0.717, 1.165) is 22.2 Å². The fraction of sp³-hybridized carbons (Fsp3) is 0.0833. The number of nitrogens with one attached hydrogen (secondary N) is 1. The molecule has 0 radical (unpaired) electrons. The van der Waals surface area contributed by atoms with Crippen LogP contribution < -0.4 is 11.1 Å². The summed E-state index contributed by atoms with van der Waals surface area (Å²) in [6, 6.07) is 7.97. The molecule has 1 aromatic heterocycles. The molecule has 1 atom stereocenters. The molecule has 1 aliphatic rings. The van der Waals surface area contributed by atoms with E-state index in [4.69, 9.17) is 17.3 Å². The zero-order chi connectivity index (χ0) is 11.2. The summed E-state index contributed by atoms with van der Waals surface area (Å²) < 4.78 is 0. The Bertz CT molecular complexity index is 590. The number of aromatic nitrogens is 1. The van der Waals surface area contributed by atoms with Crippen LogP contribution in [0.4, 0.5) is 5.69 Å². The fourth-order valence-corrected chi connectivity index (χ4v) is 2.03. The first kappa shape index (κ1) is 9.63. The topological polar surface area (TPSA) is 50.9 Å². The van der Waals surface area contributed by atoms with Gasteiger partial charge in [0.05, 0.1) is 11.2 Å². The summed E-state index contributed by atoms with van der Waals surface area (Å²) in [5, 5.41) is 3.11. The van der Waals surface area contributed by atoms with Crippen molar-refractivity contribution < 1.29 is 0 Å². The van der Waals surface area contributed by atoms with E-state index in [1.54, 1.807) is 12.3 Å². The predicted molar refractivity (Wildman–Crippen MR) is 67.2 cm³/mol. The summed E-state index contributed by atoms with van der Waals surface area (Å²) in [4.78, 5) is 4.35. The molecular formula is C12H10ClN3. The molecule has 1 aliphatic heterocycles. The second-order valence-corrected chi connectivity index (χ2v) is 4.46. The van der Waals surface area contributed by atoms with Crippen LogP contribution in [0.15, 0.2) is 36.5 Å². The number of hydrogen-bond donors (Lipinski definition) is 2. The third-order valence-electron chi connectivity index (χ3n) is 2.63. The van der Waals surface area contributed by atoms with Crippen LogP contribution in [0, 0.1) is 0 Å². The molecule has 16 heavy (non-hydrogen) atoms. The molecule has 3 N–H and O–H groups in total. The maximum absolute atomic E-state index is 6.05. The minimum atomic E-state index is -1.03. The number of alkyl halides is 1. The Morgan fingerprint density at radius 1 is 1.31 bits per heavy atom. The van der Waals surface area contributed by atoms with Gasteiger partial charge in [-0.25, -0.2) is 0 Å². The van der Waals surface area contributed by atoms with Crippen molar-refractivity contribution >= 4 is 34.3 Å². The molecule has 4 heteroatoms. The number of hydrogen-bond acceptors (Lipinski definition) is 3. The van der Waals surface area contributed by atoms with Gasteiger partial charge in [0.1, 0.15) is 0 Å². The lowest BCUT2D eigenvalue weighted by Gasteiger charge is -2.26. The summed E-state index contributed by atoms with van der Waals surface area (Å²) in [6.45, 7) is 0. The Morgan fingerprint density at radius 2 is 2.19 bits per heavy atom. The van der Waals surface area contributed by atoms with Crippen LogP contribution in [0.5, 0.6) is 0 Å². The highest BCUT2D eigenvalue weighted by molar-refractivity contribution is 6.27. The van der Waals surface area contributed by atoms with Crippen molar-refractivity contribution in [1.82, 2.24) is 4.98 Å². The average Bonchev–Trinajstić information content (AvgIpc) is 2.28. The Labute approximate surface area is 97.9 Å². The number of fused-ring (bicyclic) bond motifs is 3. The molecule has 2 heterocycles. The summed E-state index contributed by atoms with van der Waals surface area (Å²) in [7, 11) is 0. The van der Waals surface area contributed by atoms with Crippen LogP contribution in [0.2, 0.25) is 0 Å². The van der Waals surface area contributed by atoms with Crippen LogP contribution in [0.25, 0.3) is 17.0 Å². The second-order valence-electron chi connectivity index (χ2n) is 3.83. The normalized spacial score (nSPS) is 22.9. The highest BCUT2D eigenvalue weighted by Crippen LogP contribution is 2.33. The van der Waals surface area contributed by atoms with E-state index in [1.807, 2.05) is 30.3 Å². The summed E-state index contributed by atoms with van der Waals surface area (Å²) in [5.74, 6) is 0. The molecule has 0 bridgehead atoms. The fourth-order valence-electron chi connectivity index (χ4n) is 1.88. The minimum absolute atomic E-state index is 0.887. The van der Waals surface area contributed by atoms with Crippen molar-refractivity contribution in [3.63, 3.8) is 0 Å². The maximum Gasteiger partial charge on any atom is 0.183 e. The molecule has 3 nitrogen and oxygen atoms in total. The lowest BCUT2D eigenvalue weighted by Crippen LogP contribution is -2.41. The van der Waals surface area contributed by atoms with Gasteiger partial charge >= 0.3 is 0 Å². The van der Waals surface area contributed by atoms with Gasteiger partial charge in [0, 0.05) is 11.6 Å². The summed E-state index contributed by atoms with van der Waals surface area (Å²) in [6.07, 6.45) is 5.40. The first-order valence-electron chi connectivity index (χ1n) is 4.99. The van der Waals surface area contributed by atoms with Crippen molar-refractivity contribution in [3.8, 4) is 0 Å². The summed E-state index contributed by atoms with van der Waals surface area (Å²) >= 11 is 6.05. The monoisotopic (exact) mass is 231 g/mol. The van der Waals surface area contributed by atoms with Gasteiger partial charge in [-0.3, -0.25) is 10.7 Å². The molecule has 0 spiro atoms. The predicted octanol–water partition coefficient (Wildman–Crippen LogP) is 2.52. The Balaban J connectivity index is 2.31. The van der Waals surface area contributed by atoms with E-state index in [-0.39, 0.29) is 0 Å². The Morgan fingerprint density at radius 3 is 3.06 bits per heavy atom. The highest BCUT2D eigenvalue weighted by Gasteiger charge is 2.23. The van der Waals surface area contributed by atoms with E-state index in [9.17, 15) is 0 Å². The van der Waals surface area contributed by atoms with Crippen LogP contribution in [-0.4, -0.2) is 10.1 Å². The van der Waals surface area contributed by atoms with Crippen molar-refractivity contribution in [1.29, 1.82) is 0 Å². The van der Waals surface area contributed by atoms with Crippen LogP contribution in [0.3, 0.4) is 0 Å². The van der Waals surface area contributed by atoms with Crippen molar-refractivity contribution in [2.75, 3.05) is 5.32 Å². The smallest absolute Gasteiger partial charge is 0.183 e. The zero-order valence-electron chi connectivity index (χ0n) is 8.44.